The molecule has 1 saturated heterocycles. The molecule has 52 valence electrons. The standard InChI is InChI=1S/C3H3NOS2.CH4O/c5-2-1-7-3(6)4-2;1-2/h1H2,(H,4,5,6);2H,1H3. The van der Waals surface area contributed by atoms with E-state index in [9.17, 15) is 4.79 Å². The molecule has 0 aliphatic carbocycles. The Kier molecular flexibility index (Phi) is 4.65. The van der Waals surface area contributed by atoms with Crippen LogP contribution in [0.25, 0.3) is 0 Å². The van der Waals surface area contributed by atoms with Crippen molar-refractivity contribution in [2.75, 3.05) is 12.9 Å². The van der Waals surface area contributed by atoms with Crippen LogP contribution in [0.3, 0.4) is 0 Å². The molecule has 0 aromatic rings. The Labute approximate surface area is 62.8 Å². The average molecular weight is 165 g/mol. The lowest BCUT2D eigenvalue weighted by Gasteiger charge is -1.81. The third-order valence-corrected chi connectivity index (χ3v) is 1.80. The summed E-state index contributed by atoms with van der Waals surface area (Å²) in [5, 5.41) is 9.47. The average Bonchev–Trinajstić information content (AvgIpc) is 2.20. The molecule has 0 spiro atoms. The molecule has 0 unspecified atom stereocenters. The SMILES string of the molecule is CO.O=C1CSC(=S)N1. The van der Waals surface area contributed by atoms with Crippen molar-refractivity contribution >= 4 is 34.2 Å². The van der Waals surface area contributed by atoms with Crippen molar-refractivity contribution in [3.63, 3.8) is 0 Å². The van der Waals surface area contributed by atoms with Crippen LogP contribution >= 0.6 is 24.0 Å². The summed E-state index contributed by atoms with van der Waals surface area (Å²) in [7, 11) is 1.00. The summed E-state index contributed by atoms with van der Waals surface area (Å²) in [6, 6.07) is 0. The second-order valence-electron chi connectivity index (χ2n) is 1.12. The van der Waals surface area contributed by atoms with Gasteiger partial charge in [-0.2, -0.15) is 0 Å². The Morgan fingerprint density at radius 3 is 2.44 bits per heavy atom. The zero-order valence-corrected chi connectivity index (χ0v) is 6.51. The fourth-order valence-corrected chi connectivity index (χ4v) is 1.13. The van der Waals surface area contributed by atoms with E-state index in [1.807, 2.05) is 0 Å². The number of amides is 1. The fourth-order valence-electron chi connectivity index (χ4n) is 0.317. The van der Waals surface area contributed by atoms with Gasteiger partial charge in [-0.15, -0.1) is 0 Å². The lowest BCUT2D eigenvalue weighted by molar-refractivity contribution is -0.116. The van der Waals surface area contributed by atoms with Crippen molar-refractivity contribution < 1.29 is 9.90 Å². The Morgan fingerprint density at radius 2 is 2.33 bits per heavy atom. The van der Waals surface area contributed by atoms with Gasteiger partial charge in [-0.1, -0.05) is 24.0 Å². The van der Waals surface area contributed by atoms with Crippen molar-refractivity contribution in [3.05, 3.63) is 0 Å². The molecule has 0 atom stereocenters. The lowest BCUT2D eigenvalue weighted by atomic mass is 10.7. The van der Waals surface area contributed by atoms with Crippen molar-refractivity contribution in [1.82, 2.24) is 5.32 Å². The molecule has 0 aromatic carbocycles. The molecule has 0 saturated carbocycles. The first kappa shape index (κ1) is 8.87. The summed E-state index contributed by atoms with van der Waals surface area (Å²) in [4.78, 5) is 10.2. The van der Waals surface area contributed by atoms with Gasteiger partial charge in [-0.3, -0.25) is 4.79 Å². The second kappa shape index (κ2) is 4.72. The summed E-state index contributed by atoms with van der Waals surface area (Å²) < 4.78 is 0.602. The number of carbonyl (C=O) groups is 1. The molecule has 0 radical (unpaired) electrons. The van der Waals surface area contributed by atoms with Gasteiger partial charge in [0.05, 0.1) is 5.75 Å². The Morgan fingerprint density at radius 1 is 1.78 bits per heavy atom. The van der Waals surface area contributed by atoms with Gasteiger partial charge in [-0.05, 0) is 0 Å². The molecule has 2 N–H and O–H groups in total. The number of thiocarbonyl (C=S) groups is 1. The number of carbonyl (C=O) groups excluding carboxylic acids is 1. The highest BCUT2D eigenvalue weighted by Gasteiger charge is 2.13. The minimum absolute atomic E-state index is 0.0231. The minimum atomic E-state index is 0.0231. The van der Waals surface area contributed by atoms with Crippen molar-refractivity contribution in [2.45, 2.75) is 0 Å². The number of nitrogens with one attached hydrogen (secondary N) is 1. The van der Waals surface area contributed by atoms with Gasteiger partial charge >= 0.3 is 0 Å². The largest absolute Gasteiger partial charge is 0.400 e. The molecule has 0 aromatic heterocycles. The summed E-state index contributed by atoms with van der Waals surface area (Å²) in [6.07, 6.45) is 0. The van der Waals surface area contributed by atoms with E-state index in [-0.39, 0.29) is 5.91 Å². The maximum absolute atomic E-state index is 10.2. The Bertz CT molecular complexity index is 112. The zero-order chi connectivity index (χ0) is 7.28. The van der Waals surface area contributed by atoms with Crippen LogP contribution in [0.4, 0.5) is 0 Å². The molecule has 9 heavy (non-hydrogen) atoms. The summed E-state index contributed by atoms with van der Waals surface area (Å²) in [5.74, 6) is 0.522. The van der Waals surface area contributed by atoms with E-state index in [4.69, 9.17) is 5.11 Å². The monoisotopic (exact) mass is 165 g/mol. The van der Waals surface area contributed by atoms with Crippen LogP contribution in [0.5, 0.6) is 0 Å². The number of thioether (sulfide) groups is 1. The van der Waals surface area contributed by atoms with E-state index in [0.717, 1.165) is 7.11 Å². The van der Waals surface area contributed by atoms with Gasteiger partial charge in [0.25, 0.3) is 0 Å². The van der Waals surface area contributed by atoms with Crippen LogP contribution in [0.2, 0.25) is 0 Å². The van der Waals surface area contributed by atoms with Gasteiger partial charge in [0.1, 0.15) is 4.32 Å². The van der Waals surface area contributed by atoms with Crippen LogP contribution in [0, 0.1) is 0 Å². The molecular formula is C4H7NO2S2. The minimum Gasteiger partial charge on any atom is -0.400 e. The number of aliphatic hydroxyl groups is 1. The zero-order valence-electron chi connectivity index (χ0n) is 4.88. The molecule has 1 rings (SSSR count). The van der Waals surface area contributed by atoms with E-state index in [1.54, 1.807) is 0 Å². The molecule has 1 aliphatic rings. The van der Waals surface area contributed by atoms with Crippen molar-refractivity contribution in [1.29, 1.82) is 0 Å². The highest BCUT2D eigenvalue weighted by molar-refractivity contribution is 8.24. The van der Waals surface area contributed by atoms with Crippen molar-refractivity contribution in [2.24, 2.45) is 0 Å². The van der Waals surface area contributed by atoms with Crippen LogP contribution in [0.1, 0.15) is 0 Å². The molecule has 1 aliphatic heterocycles. The van der Waals surface area contributed by atoms with Crippen molar-refractivity contribution in [3.8, 4) is 0 Å². The predicted octanol–water partition coefficient (Wildman–Crippen LogP) is -0.257. The highest BCUT2D eigenvalue weighted by atomic mass is 32.2. The summed E-state index contributed by atoms with van der Waals surface area (Å²) >= 11 is 6.00. The maximum atomic E-state index is 10.2. The molecule has 5 heteroatoms. The number of rotatable bonds is 0. The molecule has 3 nitrogen and oxygen atoms in total. The van der Waals surface area contributed by atoms with E-state index < -0.39 is 0 Å². The lowest BCUT2D eigenvalue weighted by Crippen LogP contribution is -2.18. The van der Waals surface area contributed by atoms with Crippen LogP contribution in [-0.2, 0) is 4.79 Å². The topological polar surface area (TPSA) is 49.3 Å². The van der Waals surface area contributed by atoms with Crippen LogP contribution in [0.15, 0.2) is 0 Å². The van der Waals surface area contributed by atoms with Gasteiger partial charge in [0.15, 0.2) is 0 Å². The predicted molar refractivity (Wildman–Crippen MR) is 41.3 cm³/mol. The molecule has 1 heterocycles. The molecular weight excluding hydrogens is 158 g/mol. The number of hydrogen-bond acceptors (Lipinski definition) is 4. The van der Waals surface area contributed by atoms with Gasteiger partial charge in [-0.25, -0.2) is 0 Å². The molecule has 1 amide bonds. The second-order valence-corrected chi connectivity index (χ2v) is 2.78. The van der Waals surface area contributed by atoms with E-state index in [0.29, 0.717) is 10.1 Å². The van der Waals surface area contributed by atoms with Gasteiger partial charge in [0.2, 0.25) is 5.91 Å². The van der Waals surface area contributed by atoms with E-state index in [1.165, 1.54) is 11.8 Å². The third-order valence-electron chi connectivity index (χ3n) is 0.576. The Hall–Kier alpha value is -0.130. The maximum Gasteiger partial charge on any atom is 0.235 e. The normalized spacial score (nSPS) is 16.2. The first-order valence-corrected chi connectivity index (χ1v) is 3.60. The summed E-state index contributed by atoms with van der Waals surface area (Å²) in [6.45, 7) is 0. The first-order valence-electron chi connectivity index (χ1n) is 2.20. The summed E-state index contributed by atoms with van der Waals surface area (Å²) in [5.41, 5.74) is 0. The van der Waals surface area contributed by atoms with Gasteiger partial charge < -0.3 is 10.4 Å². The fraction of sp³-hybridized carbons (Fsp3) is 0.500. The number of hydrogen-bond donors (Lipinski definition) is 2. The van der Waals surface area contributed by atoms with E-state index >= 15 is 0 Å². The number of aliphatic hydroxyl groups excluding tert-OH is 1. The van der Waals surface area contributed by atoms with Crippen LogP contribution in [-0.4, -0.2) is 28.2 Å². The third kappa shape index (κ3) is 3.45. The Balaban J connectivity index is 0.000000291. The first-order chi connectivity index (χ1) is 4.29. The van der Waals surface area contributed by atoms with E-state index in [2.05, 4.69) is 17.5 Å². The quantitative estimate of drug-likeness (QED) is 0.486. The smallest absolute Gasteiger partial charge is 0.235 e. The molecule has 1 fully saturated rings. The molecule has 0 bridgehead atoms. The highest BCUT2D eigenvalue weighted by Crippen LogP contribution is 2.06. The van der Waals surface area contributed by atoms with Gasteiger partial charge in [0, 0.05) is 7.11 Å². The van der Waals surface area contributed by atoms with Crippen LogP contribution < -0.4 is 5.32 Å².